The van der Waals surface area contributed by atoms with E-state index in [2.05, 4.69) is 20.6 Å². The molecule has 0 radical (unpaired) electrons. The number of carbonyl (C=O) groups is 1. The van der Waals surface area contributed by atoms with Gasteiger partial charge in [0, 0.05) is 31.6 Å². The van der Waals surface area contributed by atoms with Crippen LogP contribution in [0.3, 0.4) is 0 Å². The Labute approximate surface area is 207 Å². The summed E-state index contributed by atoms with van der Waals surface area (Å²) in [6, 6.07) is 6.16. The van der Waals surface area contributed by atoms with Crippen LogP contribution < -0.4 is 10.6 Å². The Kier molecular flexibility index (Phi) is 7.57. The monoisotopic (exact) mass is 521 g/mol. The molecule has 1 aromatic carbocycles. The molecule has 0 aliphatic carbocycles. The minimum absolute atomic E-state index is 0.0328. The number of benzene rings is 1. The summed E-state index contributed by atoms with van der Waals surface area (Å²) in [6.07, 6.45) is -1.03. The molecule has 1 fully saturated rings. The summed E-state index contributed by atoms with van der Waals surface area (Å²) in [4.78, 5) is 20.3. The van der Waals surface area contributed by atoms with E-state index in [-0.39, 0.29) is 43.0 Å². The molecule has 1 saturated heterocycles. The molecule has 8 nitrogen and oxygen atoms in total. The topological polar surface area (TPSA) is 104 Å². The molecule has 4 rings (SSSR count). The van der Waals surface area contributed by atoms with Crippen molar-refractivity contribution in [1.82, 2.24) is 24.9 Å². The maximum atomic E-state index is 15.2. The van der Waals surface area contributed by atoms with Crippen molar-refractivity contribution in [2.75, 3.05) is 33.2 Å². The van der Waals surface area contributed by atoms with Crippen LogP contribution in [-0.2, 0) is 10.0 Å². The van der Waals surface area contributed by atoms with Crippen molar-refractivity contribution in [3.63, 3.8) is 0 Å². The molecule has 12 heteroatoms. The van der Waals surface area contributed by atoms with Crippen molar-refractivity contribution in [2.45, 2.75) is 30.8 Å². The molecule has 1 aliphatic rings. The Morgan fingerprint density at radius 2 is 1.75 bits per heavy atom. The summed E-state index contributed by atoms with van der Waals surface area (Å²) in [5.74, 6) is -2.64. The minimum atomic E-state index is -4.19. The lowest BCUT2D eigenvalue weighted by atomic mass is 10.1. The number of nitrogens with zero attached hydrogens (tertiary/aromatic N) is 3. The quantitative estimate of drug-likeness (QED) is 0.464. The van der Waals surface area contributed by atoms with Gasteiger partial charge in [-0.3, -0.25) is 4.79 Å². The van der Waals surface area contributed by atoms with Crippen molar-refractivity contribution < 1.29 is 26.4 Å². The molecular weight excluding hydrogens is 495 g/mol. The average molecular weight is 522 g/mol. The zero-order chi connectivity index (χ0) is 26.0. The van der Waals surface area contributed by atoms with Crippen LogP contribution >= 0.6 is 0 Å². The number of likely N-dealkylation sites (N-methyl/N-ethyl adjacent to an activating group) is 1. The first-order chi connectivity index (χ1) is 17.1. The number of pyridine rings is 2. The molecule has 0 spiro atoms. The average Bonchev–Trinajstić information content (AvgIpc) is 2.83. The normalized spacial score (nSPS) is 15.4. The number of hydrogen-bond donors (Lipinski definition) is 2. The number of sulfonamides is 1. The highest BCUT2D eigenvalue weighted by molar-refractivity contribution is 7.89. The largest absolute Gasteiger partial charge is 0.349 e. The number of rotatable bonds is 7. The zero-order valence-electron chi connectivity index (χ0n) is 19.8. The van der Waals surface area contributed by atoms with Gasteiger partial charge in [0.15, 0.2) is 5.65 Å². The number of alkyl halides is 1. The highest BCUT2D eigenvalue weighted by atomic mass is 32.2. The van der Waals surface area contributed by atoms with Gasteiger partial charge < -0.3 is 10.6 Å². The first-order valence-corrected chi connectivity index (χ1v) is 12.9. The van der Waals surface area contributed by atoms with Gasteiger partial charge in [-0.2, -0.15) is 4.31 Å². The molecule has 0 bridgehead atoms. The molecule has 3 heterocycles. The number of nitrogens with one attached hydrogen (secondary N) is 2. The fraction of sp³-hybridized carbons (Fsp3) is 0.375. The Balaban J connectivity index is 1.70. The van der Waals surface area contributed by atoms with Crippen LogP contribution in [0, 0.1) is 18.6 Å². The fourth-order valence-electron chi connectivity index (χ4n) is 4.07. The van der Waals surface area contributed by atoms with E-state index in [0.29, 0.717) is 24.0 Å². The van der Waals surface area contributed by atoms with Gasteiger partial charge in [0.05, 0.1) is 16.2 Å². The first kappa shape index (κ1) is 26.0. The Morgan fingerprint density at radius 1 is 1.08 bits per heavy atom. The number of fused-ring (bicyclic) bond motifs is 1. The number of carbonyl (C=O) groups excluding carboxylic acids is 1. The highest BCUT2D eigenvalue weighted by Gasteiger charge is 2.31. The lowest BCUT2D eigenvalue weighted by Crippen LogP contribution is -2.39. The third-order valence-corrected chi connectivity index (χ3v) is 7.94. The SMILES string of the molecule is CNCCNC(=O)c1ccc2c(C)cc(-c3c(F)cc(S(=O)(=O)N4CCC(F)CC4)cc3F)nc2n1. The van der Waals surface area contributed by atoms with Gasteiger partial charge in [-0.15, -0.1) is 0 Å². The van der Waals surface area contributed by atoms with Crippen molar-refractivity contribution in [2.24, 2.45) is 0 Å². The maximum Gasteiger partial charge on any atom is 0.270 e. The van der Waals surface area contributed by atoms with E-state index in [1.165, 1.54) is 12.1 Å². The molecular formula is C24H26F3N5O3S. The number of aryl methyl sites for hydroxylation is 1. The van der Waals surface area contributed by atoms with Crippen LogP contribution in [0.2, 0.25) is 0 Å². The van der Waals surface area contributed by atoms with E-state index in [0.717, 1.165) is 16.4 Å². The fourth-order valence-corrected chi connectivity index (χ4v) is 5.57. The number of hydrogen-bond acceptors (Lipinski definition) is 6. The molecule has 192 valence electrons. The van der Waals surface area contributed by atoms with Crippen LogP contribution in [0.5, 0.6) is 0 Å². The number of piperidine rings is 1. The van der Waals surface area contributed by atoms with E-state index in [9.17, 15) is 17.6 Å². The van der Waals surface area contributed by atoms with Crippen LogP contribution in [-0.4, -0.2) is 68.0 Å². The van der Waals surface area contributed by atoms with Gasteiger partial charge in [0.1, 0.15) is 23.5 Å². The van der Waals surface area contributed by atoms with Crippen molar-refractivity contribution in [3.8, 4) is 11.3 Å². The molecule has 0 unspecified atom stereocenters. The molecule has 2 N–H and O–H groups in total. The van der Waals surface area contributed by atoms with E-state index < -0.39 is 44.2 Å². The highest BCUT2D eigenvalue weighted by Crippen LogP contribution is 2.31. The maximum absolute atomic E-state index is 15.2. The van der Waals surface area contributed by atoms with E-state index >= 15 is 8.78 Å². The summed E-state index contributed by atoms with van der Waals surface area (Å²) >= 11 is 0. The van der Waals surface area contributed by atoms with Crippen LogP contribution in [0.1, 0.15) is 28.9 Å². The standard InChI is InChI=1S/C24H26F3N5O3S/c1-14-11-21(31-23-17(14)3-4-20(30-23)24(33)29-8-7-28-2)22-18(26)12-16(13-19(22)27)36(34,35)32-9-5-15(25)6-10-32/h3-4,11-13,15,28H,5-10H2,1-2H3,(H,29,33). The summed E-state index contributed by atoms with van der Waals surface area (Å²) in [5, 5.41) is 6.21. The summed E-state index contributed by atoms with van der Waals surface area (Å²) in [5.41, 5.74) is 0.247. The summed E-state index contributed by atoms with van der Waals surface area (Å²) in [7, 11) is -2.44. The zero-order valence-corrected chi connectivity index (χ0v) is 20.6. The number of halogens is 3. The number of amides is 1. The van der Waals surface area contributed by atoms with Gasteiger partial charge in [0.2, 0.25) is 10.0 Å². The van der Waals surface area contributed by atoms with E-state index in [1.54, 1.807) is 20.0 Å². The van der Waals surface area contributed by atoms with Crippen LogP contribution in [0.25, 0.3) is 22.3 Å². The Bertz CT molecular complexity index is 1390. The van der Waals surface area contributed by atoms with Gasteiger partial charge in [-0.25, -0.2) is 31.6 Å². The molecule has 36 heavy (non-hydrogen) atoms. The molecule has 0 saturated carbocycles. The summed E-state index contributed by atoms with van der Waals surface area (Å²) < 4.78 is 70.5. The smallest absolute Gasteiger partial charge is 0.270 e. The third-order valence-electron chi connectivity index (χ3n) is 6.07. The predicted molar refractivity (Wildman–Crippen MR) is 129 cm³/mol. The summed E-state index contributed by atoms with van der Waals surface area (Å²) in [6.45, 7) is 2.55. The van der Waals surface area contributed by atoms with Crippen molar-refractivity contribution in [3.05, 3.63) is 53.2 Å². The molecule has 1 aliphatic heterocycles. The third kappa shape index (κ3) is 5.20. The number of aromatic nitrogens is 2. The second-order valence-corrected chi connectivity index (χ2v) is 10.5. The lowest BCUT2D eigenvalue weighted by molar-refractivity contribution is 0.0949. The van der Waals surface area contributed by atoms with Crippen molar-refractivity contribution in [1.29, 1.82) is 0 Å². The Hall–Kier alpha value is -3.09. The van der Waals surface area contributed by atoms with E-state index in [4.69, 9.17) is 0 Å². The van der Waals surface area contributed by atoms with Gasteiger partial charge >= 0.3 is 0 Å². The second kappa shape index (κ2) is 10.5. The first-order valence-electron chi connectivity index (χ1n) is 11.5. The molecule has 2 aromatic heterocycles. The second-order valence-electron chi connectivity index (χ2n) is 8.59. The molecule has 0 atom stereocenters. The molecule has 3 aromatic rings. The lowest BCUT2D eigenvalue weighted by Gasteiger charge is -2.28. The van der Waals surface area contributed by atoms with Gasteiger partial charge in [0.25, 0.3) is 5.91 Å². The van der Waals surface area contributed by atoms with Gasteiger partial charge in [-0.05, 0) is 62.7 Å². The predicted octanol–water partition coefficient (Wildman–Crippen LogP) is 2.96. The Morgan fingerprint density at radius 3 is 2.39 bits per heavy atom. The van der Waals surface area contributed by atoms with Gasteiger partial charge in [-0.1, -0.05) is 0 Å². The van der Waals surface area contributed by atoms with Crippen LogP contribution in [0.4, 0.5) is 13.2 Å². The van der Waals surface area contributed by atoms with Crippen LogP contribution in [0.15, 0.2) is 35.2 Å². The minimum Gasteiger partial charge on any atom is -0.349 e. The van der Waals surface area contributed by atoms with Crippen molar-refractivity contribution >= 4 is 27.0 Å². The van der Waals surface area contributed by atoms with E-state index in [1.807, 2.05) is 0 Å². The molecule has 1 amide bonds.